The van der Waals surface area contributed by atoms with Gasteiger partial charge >= 0.3 is 0 Å². The van der Waals surface area contributed by atoms with Crippen molar-refractivity contribution in [3.8, 4) is 0 Å². The number of halogens is 1. The van der Waals surface area contributed by atoms with Gasteiger partial charge in [-0.3, -0.25) is 4.79 Å². The van der Waals surface area contributed by atoms with Crippen LogP contribution in [0.1, 0.15) is 32.3 Å². The molecule has 0 aliphatic rings. The highest BCUT2D eigenvalue weighted by atomic mass is 79.9. The van der Waals surface area contributed by atoms with E-state index in [4.69, 9.17) is 0 Å². The van der Waals surface area contributed by atoms with Gasteiger partial charge in [0.15, 0.2) is 0 Å². The molecular formula is C15H22BrNO. The zero-order valence-corrected chi connectivity index (χ0v) is 12.7. The van der Waals surface area contributed by atoms with Crippen molar-refractivity contribution in [2.24, 2.45) is 5.92 Å². The molecule has 3 heteroatoms. The second kappa shape index (κ2) is 8.30. The maximum Gasteiger partial charge on any atom is 0.220 e. The van der Waals surface area contributed by atoms with Crippen LogP contribution in [0.15, 0.2) is 30.3 Å². The van der Waals surface area contributed by atoms with Crippen LogP contribution >= 0.6 is 15.9 Å². The van der Waals surface area contributed by atoms with Crippen molar-refractivity contribution in [1.29, 1.82) is 0 Å². The van der Waals surface area contributed by atoms with Gasteiger partial charge in [0.05, 0.1) is 0 Å². The number of nitrogens with one attached hydrogen (secondary N) is 1. The van der Waals surface area contributed by atoms with Gasteiger partial charge < -0.3 is 5.32 Å². The molecule has 1 unspecified atom stereocenters. The second-order valence-electron chi connectivity index (χ2n) is 5.04. The summed E-state index contributed by atoms with van der Waals surface area (Å²) in [6.45, 7) is 4.28. The summed E-state index contributed by atoms with van der Waals surface area (Å²) in [6.07, 6.45) is 2.45. The Balaban J connectivity index is 2.40. The Labute approximate surface area is 118 Å². The van der Waals surface area contributed by atoms with Gasteiger partial charge in [-0.2, -0.15) is 0 Å². The van der Waals surface area contributed by atoms with E-state index in [1.165, 1.54) is 5.56 Å². The fourth-order valence-electron chi connectivity index (χ4n) is 1.76. The van der Waals surface area contributed by atoms with Crippen molar-refractivity contribution in [3.63, 3.8) is 0 Å². The number of benzene rings is 1. The van der Waals surface area contributed by atoms with Crippen molar-refractivity contribution in [3.05, 3.63) is 35.9 Å². The molecule has 100 valence electrons. The number of hydrogen-bond acceptors (Lipinski definition) is 1. The molecule has 0 bridgehead atoms. The van der Waals surface area contributed by atoms with Gasteiger partial charge in [0.25, 0.3) is 0 Å². The number of carbonyl (C=O) groups excluding carboxylic acids is 1. The lowest BCUT2D eigenvalue weighted by Gasteiger charge is -2.16. The molecule has 1 rings (SSSR count). The van der Waals surface area contributed by atoms with Crippen LogP contribution in [0.2, 0.25) is 0 Å². The molecule has 2 nitrogen and oxygen atoms in total. The fourth-order valence-corrected chi connectivity index (χ4v) is 2.15. The van der Waals surface area contributed by atoms with E-state index in [0.717, 1.165) is 18.2 Å². The van der Waals surface area contributed by atoms with Crippen molar-refractivity contribution >= 4 is 21.8 Å². The van der Waals surface area contributed by atoms with Crippen LogP contribution in [-0.2, 0) is 11.2 Å². The van der Waals surface area contributed by atoms with Crippen LogP contribution < -0.4 is 5.32 Å². The van der Waals surface area contributed by atoms with Gasteiger partial charge in [0.1, 0.15) is 0 Å². The fraction of sp³-hybridized carbons (Fsp3) is 0.533. The highest BCUT2D eigenvalue weighted by molar-refractivity contribution is 9.09. The van der Waals surface area contributed by atoms with E-state index in [-0.39, 0.29) is 11.9 Å². The predicted molar refractivity (Wildman–Crippen MR) is 79.9 cm³/mol. The van der Waals surface area contributed by atoms with Crippen molar-refractivity contribution in [2.45, 2.75) is 39.2 Å². The first-order valence-corrected chi connectivity index (χ1v) is 7.63. The number of amides is 1. The molecule has 0 aromatic heterocycles. The van der Waals surface area contributed by atoms with Crippen molar-refractivity contribution < 1.29 is 4.79 Å². The zero-order valence-electron chi connectivity index (χ0n) is 11.2. The largest absolute Gasteiger partial charge is 0.352 e. The second-order valence-corrected chi connectivity index (χ2v) is 5.69. The summed E-state index contributed by atoms with van der Waals surface area (Å²) < 4.78 is 0. The normalized spacial score (nSPS) is 12.4. The summed E-state index contributed by atoms with van der Waals surface area (Å²) in [5, 5.41) is 3.87. The van der Waals surface area contributed by atoms with Crippen molar-refractivity contribution in [2.75, 3.05) is 5.33 Å². The van der Waals surface area contributed by atoms with E-state index >= 15 is 0 Å². The van der Waals surface area contributed by atoms with E-state index in [1.807, 2.05) is 18.2 Å². The maximum atomic E-state index is 11.8. The lowest BCUT2D eigenvalue weighted by molar-refractivity contribution is -0.121. The summed E-state index contributed by atoms with van der Waals surface area (Å²) in [7, 11) is 0. The highest BCUT2D eigenvalue weighted by Crippen LogP contribution is 2.07. The maximum absolute atomic E-state index is 11.8. The summed E-state index contributed by atoms with van der Waals surface area (Å²) in [6, 6.07) is 10.4. The molecule has 0 saturated heterocycles. The average molecular weight is 312 g/mol. The summed E-state index contributed by atoms with van der Waals surface area (Å²) in [5.41, 5.74) is 1.26. The number of hydrogen-bond donors (Lipinski definition) is 1. The monoisotopic (exact) mass is 311 g/mol. The van der Waals surface area contributed by atoms with Gasteiger partial charge in [0, 0.05) is 17.8 Å². The predicted octanol–water partition coefficient (Wildman–Crippen LogP) is 3.55. The summed E-state index contributed by atoms with van der Waals surface area (Å²) in [4.78, 5) is 11.8. The third-order valence-electron chi connectivity index (χ3n) is 2.83. The van der Waals surface area contributed by atoms with Crippen LogP contribution in [-0.4, -0.2) is 17.3 Å². The minimum atomic E-state index is 0.157. The molecule has 1 atom stereocenters. The van der Waals surface area contributed by atoms with Crippen LogP contribution in [0.25, 0.3) is 0 Å². The SMILES string of the molecule is CC(C)CCC(=O)NC(CBr)Cc1ccccc1. The summed E-state index contributed by atoms with van der Waals surface area (Å²) >= 11 is 3.47. The first-order valence-electron chi connectivity index (χ1n) is 6.51. The van der Waals surface area contributed by atoms with E-state index < -0.39 is 0 Å². The van der Waals surface area contributed by atoms with E-state index in [9.17, 15) is 4.79 Å². The lowest BCUT2D eigenvalue weighted by atomic mass is 10.1. The Morgan fingerprint density at radius 1 is 1.28 bits per heavy atom. The molecule has 1 aromatic rings. The van der Waals surface area contributed by atoms with Crippen molar-refractivity contribution in [1.82, 2.24) is 5.32 Å². The minimum Gasteiger partial charge on any atom is -0.352 e. The Morgan fingerprint density at radius 3 is 2.50 bits per heavy atom. The zero-order chi connectivity index (χ0) is 13.4. The van der Waals surface area contributed by atoms with Crippen LogP contribution in [0, 0.1) is 5.92 Å². The summed E-state index contributed by atoms with van der Waals surface area (Å²) in [5.74, 6) is 0.733. The first kappa shape index (κ1) is 15.2. The standard InChI is InChI=1S/C15H22BrNO/c1-12(2)8-9-15(18)17-14(11-16)10-13-6-4-3-5-7-13/h3-7,12,14H,8-11H2,1-2H3,(H,17,18). The van der Waals surface area contributed by atoms with Crippen LogP contribution in [0.3, 0.4) is 0 Å². The molecule has 1 amide bonds. The van der Waals surface area contributed by atoms with Gasteiger partial charge in [-0.05, 0) is 24.3 Å². The van der Waals surface area contributed by atoms with Gasteiger partial charge in [-0.1, -0.05) is 60.1 Å². The molecule has 0 saturated carbocycles. The third-order valence-corrected chi connectivity index (χ3v) is 3.61. The number of rotatable bonds is 7. The molecule has 0 heterocycles. The van der Waals surface area contributed by atoms with E-state index in [1.54, 1.807) is 0 Å². The van der Waals surface area contributed by atoms with Gasteiger partial charge in [-0.25, -0.2) is 0 Å². The number of alkyl halides is 1. The minimum absolute atomic E-state index is 0.157. The molecule has 0 fully saturated rings. The Bertz CT molecular complexity index is 351. The molecule has 1 N–H and O–H groups in total. The Hall–Kier alpha value is -0.830. The molecule has 18 heavy (non-hydrogen) atoms. The molecule has 0 radical (unpaired) electrons. The van der Waals surface area contributed by atoms with Gasteiger partial charge in [-0.15, -0.1) is 0 Å². The topological polar surface area (TPSA) is 29.1 Å². The molecular weight excluding hydrogens is 290 g/mol. The van der Waals surface area contributed by atoms with Gasteiger partial charge in [0.2, 0.25) is 5.91 Å². The highest BCUT2D eigenvalue weighted by Gasteiger charge is 2.12. The molecule has 0 aliphatic heterocycles. The van der Waals surface area contributed by atoms with Crippen LogP contribution in [0.4, 0.5) is 0 Å². The third kappa shape index (κ3) is 6.20. The quantitative estimate of drug-likeness (QED) is 0.767. The van der Waals surface area contributed by atoms with E-state index in [0.29, 0.717) is 12.3 Å². The Morgan fingerprint density at radius 2 is 1.94 bits per heavy atom. The first-order chi connectivity index (χ1) is 8.61. The molecule has 0 spiro atoms. The average Bonchev–Trinajstić information content (AvgIpc) is 2.37. The van der Waals surface area contributed by atoms with Crippen LogP contribution in [0.5, 0.6) is 0 Å². The lowest BCUT2D eigenvalue weighted by Crippen LogP contribution is -2.37. The molecule has 0 aliphatic carbocycles. The molecule has 1 aromatic carbocycles. The smallest absolute Gasteiger partial charge is 0.220 e. The number of carbonyl (C=O) groups is 1. The Kier molecular flexibility index (Phi) is 7.02. The van der Waals surface area contributed by atoms with E-state index in [2.05, 4.69) is 47.2 Å².